The van der Waals surface area contributed by atoms with Crippen LogP contribution in [0.15, 0.2) is 42.1 Å². The first kappa shape index (κ1) is 23.0. The predicted molar refractivity (Wildman–Crippen MR) is 131 cm³/mol. The van der Waals surface area contributed by atoms with Crippen molar-refractivity contribution in [2.24, 2.45) is 0 Å². The molecule has 0 atom stereocenters. The van der Waals surface area contributed by atoms with E-state index in [2.05, 4.69) is 60.6 Å². The Morgan fingerprint density at radius 2 is 1.88 bits per heavy atom. The van der Waals surface area contributed by atoms with Gasteiger partial charge in [0.1, 0.15) is 0 Å². The maximum atomic E-state index is 12.0. The van der Waals surface area contributed by atoms with Crippen LogP contribution in [0.2, 0.25) is 0 Å². The molecule has 2 fully saturated rings. The Kier molecular flexibility index (Phi) is 7.34. The Labute approximate surface area is 193 Å². The molecular weight excluding hydrogens is 396 g/mol. The van der Waals surface area contributed by atoms with Gasteiger partial charge in [0.2, 0.25) is 5.91 Å². The van der Waals surface area contributed by atoms with Gasteiger partial charge in [-0.1, -0.05) is 37.6 Å². The molecule has 0 aromatic carbocycles. The molecule has 5 heteroatoms. The van der Waals surface area contributed by atoms with Crippen molar-refractivity contribution in [2.45, 2.75) is 96.1 Å². The van der Waals surface area contributed by atoms with Crippen molar-refractivity contribution in [3.8, 4) is 0 Å². The summed E-state index contributed by atoms with van der Waals surface area (Å²) in [5.41, 5.74) is 3.74. The molecule has 1 saturated heterocycles. The van der Waals surface area contributed by atoms with Crippen LogP contribution in [0.4, 0.5) is 0 Å². The fourth-order valence-electron chi connectivity index (χ4n) is 5.62. The molecule has 1 N–H and O–H groups in total. The third-order valence-electron chi connectivity index (χ3n) is 7.94. The van der Waals surface area contributed by atoms with Crippen molar-refractivity contribution in [1.29, 1.82) is 0 Å². The average molecular weight is 437 g/mol. The van der Waals surface area contributed by atoms with Gasteiger partial charge in [0, 0.05) is 30.1 Å². The van der Waals surface area contributed by atoms with E-state index in [4.69, 9.17) is 5.10 Å². The number of amides is 1. The van der Waals surface area contributed by atoms with Crippen molar-refractivity contribution in [3.63, 3.8) is 0 Å². The second kappa shape index (κ2) is 10.2. The summed E-state index contributed by atoms with van der Waals surface area (Å²) in [6, 6.07) is 2.89. The number of carbonyl (C=O) groups excluding carboxylic acids is 1. The zero-order valence-corrected chi connectivity index (χ0v) is 20.1. The molecule has 2 heterocycles. The van der Waals surface area contributed by atoms with Gasteiger partial charge in [-0.05, 0) is 83.5 Å². The summed E-state index contributed by atoms with van der Waals surface area (Å²) in [6.07, 6.45) is 20.5. The summed E-state index contributed by atoms with van der Waals surface area (Å²) >= 11 is 0. The SMILES string of the molecule is CCC(=O)NC1(CC)CCC(N2CCC(c3ccn(C4=CCC=C(C)C=C4)n3)CC2)CC1. The smallest absolute Gasteiger partial charge is 0.220 e. The van der Waals surface area contributed by atoms with Crippen LogP contribution in [0.25, 0.3) is 5.70 Å². The number of aromatic nitrogens is 2. The highest BCUT2D eigenvalue weighted by Crippen LogP contribution is 2.36. The van der Waals surface area contributed by atoms with Gasteiger partial charge in [0.15, 0.2) is 0 Å². The molecule has 1 amide bonds. The van der Waals surface area contributed by atoms with Crippen molar-refractivity contribution in [2.75, 3.05) is 13.1 Å². The number of nitrogens with one attached hydrogen (secondary N) is 1. The lowest BCUT2D eigenvalue weighted by Crippen LogP contribution is -2.53. The Hall–Kier alpha value is -2.14. The number of hydrogen-bond acceptors (Lipinski definition) is 3. The zero-order valence-electron chi connectivity index (χ0n) is 20.1. The van der Waals surface area contributed by atoms with E-state index in [0.29, 0.717) is 18.4 Å². The molecule has 0 bridgehead atoms. The molecule has 4 rings (SSSR count). The number of hydrogen-bond donors (Lipinski definition) is 1. The summed E-state index contributed by atoms with van der Waals surface area (Å²) in [7, 11) is 0. The zero-order chi connectivity index (χ0) is 22.6. The van der Waals surface area contributed by atoms with Crippen molar-refractivity contribution in [3.05, 3.63) is 47.8 Å². The van der Waals surface area contributed by atoms with Gasteiger partial charge in [0.05, 0.1) is 11.4 Å². The van der Waals surface area contributed by atoms with E-state index in [0.717, 1.165) is 38.8 Å². The second-order valence-corrected chi connectivity index (χ2v) is 9.91. The second-order valence-electron chi connectivity index (χ2n) is 9.91. The molecule has 1 aromatic rings. The molecule has 3 aliphatic rings. The van der Waals surface area contributed by atoms with Crippen LogP contribution in [-0.4, -0.2) is 45.3 Å². The predicted octanol–water partition coefficient (Wildman–Crippen LogP) is 5.43. The quantitative estimate of drug-likeness (QED) is 0.647. The summed E-state index contributed by atoms with van der Waals surface area (Å²) in [4.78, 5) is 14.7. The minimum Gasteiger partial charge on any atom is -0.351 e. The monoisotopic (exact) mass is 436 g/mol. The van der Waals surface area contributed by atoms with Crippen molar-refractivity contribution >= 4 is 11.6 Å². The summed E-state index contributed by atoms with van der Waals surface area (Å²) in [5.74, 6) is 0.761. The highest BCUT2D eigenvalue weighted by atomic mass is 16.1. The molecule has 32 heavy (non-hydrogen) atoms. The minimum absolute atomic E-state index is 0.0317. The fraction of sp³-hybridized carbons (Fsp3) is 0.630. The van der Waals surface area contributed by atoms with Crippen LogP contribution in [0, 0.1) is 0 Å². The largest absolute Gasteiger partial charge is 0.351 e. The molecule has 5 nitrogen and oxygen atoms in total. The Morgan fingerprint density at radius 3 is 2.56 bits per heavy atom. The molecule has 1 aromatic heterocycles. The molecule has 0 unspecified atom stereocenters. The number of carbonyl (C=O) groups is 1. The lowest BCUT2D eigenvalue weighted by atomic mass is 9.76. The first-order valence-corrected chi connectivity index (χ1v) is 12.7. The molecule has 1 aliphatic heterocycles. The van der Waals surface area contributed by atoms with E-state index in [1.165, 1.54) is 42.6 Å². The maximum absolute atomic E-state index is 12.0. The average Bonchev–Trinajstić information content (AvgIpc) is 3.22. The van der Waals surface area contributed by atoms with Gasteiger partial charge in [-0.2, -0.15) is 5.10 Å². The Morgan fingerprint density at radius 1 is 1.12 bits per heavy atom. The lowest BCUT2D eigenvalue weighted by molar-refractivity contribution is -0.123. The van der Waals surface area contributed by atoms with E-state index in [1.807, 2.05) is 11.6 Å². The first-order valence-electron chi connectivity index (χ1n) is 12.7. The number of piperidine rings is 1. The van der Waals surface area contributed by atoms with Crippen molar-refractivity contribution in [1.82, 2.24) is 20.0 Å². The van der Waals surface area contributed by atoms with Crippen molar-refractivity contribution < 1.29 is 4.79 Å². The summed E-state index contributed by atoms with van der Waals surface area (Å²) < 4.78 is 2.04. The third kappa shape index (κ3) is 5.25. The fourth-order valence-corrected chi connectivity index (χ4v) is 5.62. The molecule has 0 radical (unpaired) electrons. The van der Waals surface area contributed by atoms with Crippen LogP contribution >= 0.6 is 0 Å². The van der Waals surface area contributed by atoms with Crippen LogP contribution in [0.1, 0.15) is 90.2 Å². The normalized spacial score (nSPS) is 27.5. The molecule has 2 aliphatic carbocycles. The molecule has 1 saturated carbocycles. The lowest BCUT2D eigenvalue weighted by Gasteiger charge is -2.45. The van der Waals surface area contributed by atoms with E-state index < -0.39 is 0 Å². The molecule has 0 spiro atoms. The van der Waals surface area contributed by atoms with Crippen LogP contribution < -0.4 is 5.32 Å². The molecule has 174 valence electrons. The molecular formula is C27H40N4O. The topological polar surface area (TPSA) is 50.2 Å². The van der Waals surface area contributed by atoms with Crippen LogP contribution in [-0.2, 0) is 4.79 Å². The minimum atomic E-state index is 0.0317. The Bertz CT molecular complexity index is 877. The van der Waals surface area contributed by atoms with Gasteiger partial charge in [-0.3, -0.25) is 4.79 Å². The summed E-state index contributed by atoms with van der Waals surface area (Å²) in [6.45, 7) is 8.63. The van der Waals surface area contributed by atoms with Gasteiger partial charge >= 0.3 is 0 Å². The summed E-state index contributed by atoms with van der Waals surface area (Å²) in [5, 5.41) is 8.28. The van der Waals surface area contributed by atoms with E-state index in [-0.39, 0.29) is 11.4 Å². The van der Waals surface area contributed by atoms with Gasteiger partial charge in [0.25, 0.3) is 0 Å². The number of allylic oxidation sites excluding steroid dienone is 6. The maximum Gasteiger partial charge on any atom is 0.220 e. The Balaban J connectivity index is 1.29. The van der Waals surface area contributed by atoms with E-state index >= 15 is 0 Å². The van der Waals surface area contributed by atoms with Crippen LogP contribution in [0.5, 0.6) is 0 Å². The number of nitrogens with zero attached hydrogens (tertiary/aromatic N) is 3. The van der Waals surface area contributed by atoms with E-state index in [9.17, 15) is 4.79 Å². The number of rotatable bonds is 6. The highest BCUT2D eigenvalue weighted by Gasteiger charge is 2.37. The van der Waals surface area contributed by atoms with Crippen LogP contribution in [0.3, 0.4) is 0 Å². The van der Waals surface area contributed by atoms with Gasteiger partial charge in [-0.15, -0.1) is 0 Å². The third-order valence-corrected chi connectivity index (χ3v) is 7.94. The van der Waals surface area contributed by atoms with Gasteiger partial charge in [-0.25, -0.2) is 4.68 Å². The first-order chi connectivity index (χ1) is 15.5. The van der Waals surface area contributed by atoms with Gasteiger partial charge < -0.3 is 10.2 Å². The standard InChI is InChI=1S/C27H40N4O/c1-4-26(32)28-27(5-2)16-11-23(12-17-27)30-18-13-22(14-19-30)25-15-20-31(29-25)24-8-6-7-21(3)9-10-24/h7-10,15,20,22-23H,4-6,11-14,16-19H2,1-3H3,(H,28,32). The van der Waals surface area contributed by atoms with E-state index in [1.54, 1.807) is 0 Å². The number of likely N-dealkylation sites (tertiary alicyclic amines) is 1. The highest BCUT2D eigenvalue weighted by molar-refractivity contribution is 5.76.